The van der Waals surface area contributed by atoms with Crippen molar-refractivity contribution in [2.45, 2.75) is 38.2 Å². The SMILES string of the molecule is CC1(C)CN(CC(=O)Nc2cc(C3CC3)nn2-c2ccccc2)CCO1. The summed E-state index contributed by atoms with van der Waals surface area (Å²) in [6.07, 6.45) is 2.37. The Balaban J connectivity index is 1.49. The lowest BCUT2D eigenvalue weighted by Gasteiger charge is -2.37. The van der Waals surface area contributed by atoms with E-state index in [1.807, 2.05) is 41.1 Å². The van der Waals surface area contributed by atoms with E-state index in [9.17, 15) is 4.79 Å². The van der Waals surface area contributed by atoms with Gasteiger partial charge in [-0.3, -0.25) is 9.69 Å². The minimum absolute atomic E-state index is 0.0119. The van der Waals surface area contributed by atoms with E-state index in [1.165, 1.54) is 12.8 Å². The van der Waals surface area contributed by atoms with Gasteiger partial charge in [0.2, 0.25) is 5.91 Å². The van der Waals surface area contributed by atoms with Gasteiger partial charge in [0, 0.05) is 25.1 Å². The van der Waals surface area contributed by atoms with Crippen molar-refractivity contribution in [1.82, 2.24) is 14.7 Å². The molecule has 0 bridgehead atoms. The van der Waals surface area contributed by atoms with Crippen molar-refractivity contribution in [3.8, 4) is 5.69 Å². The van der Waals surface area contributed by atoms with E-state index in [-0.39, 0.29) is 11.5 Å². The fourth-order valence-corrected chi connectivity index (χ4v) is 3.47. The molecule has 6 heteroatoms. The van der Waals surface area contributed by atoms with Crippen molar-refractivity contribution in [1.29, 1.82) is 0 Å². The lowest BCUT2D eigenvalue weighted by molar-refractivity contribution is -0.122. The lowest BCUT2D eigenvalue weighted by Crippen LogP contribution is -2.50. The number of carbonyl (C=O) groups excluding carboxylic acids is 1. The van der Waals surface area contributed by atoms with Gasteiger partial charge in [-0.1, -0.05) is 18.2 Å². The van der Waals surface area contributed by atoms with Crippen LogP contribution in [0, 0.1) is 0 Å². The molecule has 138 valence electrons. The maximum absolute atomic E-state index is 12.6. The summed E-state index contributed by atoms with van der Waals surface area (Å²) in [6.45, 7) is 6.68. The maximum Gasteiger partial charge on any atom is 0.239 e. The number of anilines is 1. The monoisotopic (exact) mass is 354 g/mol. The molecule has 1 N–H and O–H groups in total. The van der Waals surface area contributed by atoms with E-state index < -0.39 is 0 Å². The predicted octanol–water partition coefficient (Wildman–Crippen LogP) is 2.80. The fourth-order valence-electron chi connectivity index (χ4n) is 3.47. The summed E-state index contributed by atoms with van der Waals surface area (Å²) in [5, 5.41) is 7.80. The van der Waals surface area contributed by atoms with E-state index in [0.29, 0.717) is 19.1 Å². The van der Waals surface area contributed by atoms with Crippen LogP contribution in [0.25, 0.3) is 5.69 Å². The van der Waals surface area contributed by atoms with E-state index in [0.717, 1.165) is 30.3 Å². The number of benzene rings is 1. The molecule has 2 fully saturated rings. The molecule has 6 nitrogen and oxygen atoms in total. The van der Waals surface area contributed by atoms with Crippen LogP contribution in [0.1, 0.15) is 38.3 Å². The van der Waals surface area contributed by atoms with Gasteiger partial charge in [0.1, 0.15) is 5.82 Å². The molecule has 1 amide bonds. The number of nitrogens with zero attached hydrogens (tertiary/aromatic N) is 3. The van der Waals surface area contributed by atoms with Crippen LogP contribution >= 0.6 is 0 Å². The molecule has 0 spiro atoms. The largest absolute Gasteiger partial charge is 0.373 e. The molecule has 2 heterocycles. The molecule has 1 aliphatic heterocycles. The molecule has 1 aromatic heterocycles. The third kappa shape index (κ3) is 3.97. The number of hydrogen-bond acceptors (Lipinski definition) is 4. The number of ether oxygens (including phenoxy) is 1. The average Bonchev–Trinajstić information content (AvgIpc) is 3.36. The Morgan fingerprint density at radius 3 is 2.77 bits per heavy atom. The minimum atomic E-state index is -0.205. The number of hydrogen-bond donors (Lipinski definition) is 1. The zero-order chi connectivity index (χ0) is 18.1. The Labute approximate surface area is 154 Å². The van der Waals surface area contributed by atoms with Gasteiger partial charge in [0.05, 0.1) is 30.1 Å². The van der Waals surface area contributed by atoms with E-state index in [2.05, 4.69) is 24.1 Å². The van der Waals surface area contributed by atoms with Crippen molar-refractivity contribution in [2.24, 2.45) is 0 Å². The van der Waals surface area contributed by atoms with Crippen molar-refractivity contribution in [3.05, 3.63) is 42.1 Å². The Morgan fingerprint density at radius 1 is 1.31 bits per heavy atom. The molecule has 0 unspecified atom stereocenters. The van der Waals surface area contributed by atoms with Gasteiger partial charge in [-0.15, -0.1) is 0 Å². The highest BCUT2D eigenvalue weighted by Gasteiger charge is 2.30. The Morgan fingerprint density at radius 2 is 2.08 bits per heavy atom. The van der Waals surface area contributed by atoms with Gasteiger partial charge in [-0.05, 0) is 38.8 Å². The Kier molecular flexibility index (Phi) is 4.54. The van der Waals surface area contributed by atoms with Gasteiger partial charge in [0.15, 0.2) is 0 Å². The molecule has 26 heavy (non-hydrogen) atoms. The first-order chi connectivity index (χ1) is 12.5. The summed E-state index contributed by atoms with van der Waals surface area (Å²) in [7, 11) is 0. The van der Waals surface area contributed by atoms with Crippen LogP contribution in [0.15, 0.2) is 36.4 Å². The molecule has 0 radical (unpaired) electrons. The molecular formula is C20H26N4O2. The van der Waals surface area contributed by atoms with Gasteiger partial charge >= 0.3 is 0 Å². The average molecular weight is 354 g/mol. The number of morpholine rings is 1. The second kappa shape index (κ2) is 6.85. The number of carbonyl (C=O) groups is 1. The summed E-state index contributed by atoms with van der Waals surface area (Å²) in [5.41, 5.74) is 1.82. The maximum atomic E-state index is 12.6. The van der Waals surface area contributed by atoms with Crippen LogP contribution in [-0.2, 0) is 9.53 Å². The standard InChI is InChI=1S/C20H26N4O2/c1-20(2)14-23(10-11-26-20)13-19(25)21-18-12-17(15-8-9-15)22-24(18)16-6-4-3-5-7-16/h3-7,12,15H,8-11,13-14H2,1-2H3,(H,21,25). The fraction of sp³-hybridized carbons (Fsp3) is 0.500. The van der Waals surface area contributed by atoms with Gasteiger partial charge in [0.25, 0.3) is 0 Å². The topological polar surface area (TPSA) is 59.4 Å². The predicted molar refractivity (Wildman–Crippen MR) is 101 cm³/mol. The van der Waals surface area contributed by atoms with E-state index in [4.69, 9.17) is 9.84 Å². The lowest BCUT2D eigenvalue weighted by atomic mass is 10.1. The highest BCUT2D eigenvalue weighted by molar-refractivity contribution is 5.91. The summed E-state index contributed by atoms with van der Waals surface area (Å²) in [5.74, 6) is 1.27. The van der Waals surface area contributed by atoms with Crippen molar-refractivity contribution in [2.75, 3.05) is 31.6 Å². The zero-order valence-electron chi connectivity index (χ0n) is 15.4. The van der Waals surface area contributed by atoms with Crippen LogP contribution in [0.2, 0.25) is 0 Å². The van der Waals surface area contributed by atoms with Crippen LogP contribution in [0.4, 0.5) is 5.82 Å². The first-order valence-electron chi connectivity index (χ1n) is 9.32. The molecule has 0 atom stereocenters. The first kappa shape index (κ1) is 17.2. The van der Waals surface area contributed by atoms with Gasteiger partial charge < -0.3 is 10.1 Å². The first-order valence-corrected chi connectivity index (χ1v) is 9.32. The molecular weight excluding hydrogens is 328 g/mol. The van der Waals surface area contributed by atoms with Gasteiger partial charge in [-0.25, -0.2) is 4.68 Å². The van der Waals surface area contributed by atoms with Crippen LogP contribution in [0.5, 0.6) is 0 Å². The number of aromatic nitrogens is 2. The number of rotatable bonds is 5. The van der Waals surface area contributed by atoms with Crippen LogP contribution in [-0.4, -0.2) is 52.4 Å². The minimum Gasteiger partial charge on any atom is -0.373 e. The molecule has 4 rings (SSSR count). The van der Waals surface area contributed by atoms with Crippen molar-refractivity contribution >= 4 is 11.7 Å². The van der Waals surface area contributed by atoms with E-state index >= 15 is 0 Å². The Hall–Kier alpha value is -2.18. The van der Waals surface area contributed by atoms with Crippen LogP contribution in [0.3, 0.4) is 0 Å². The molecule has 1 aromatic carbocycles. The van der Waals surface area contributed by atoms with E-state index in [1.54, 1.807) is 0 Å². The van der Waals surface area contributed by atoms with Crippen LogP contribution < -0.4 is 5.32 Å². The second-order valence-electron chi connectivity index (χ2n) is 7.84. The molecule has 2 aliphatic rings. The quantitative estimate of drug-likeness (QED) is 0.897. The summed E-state index contributed by atoms with van der Waals surface area (Å²) < 4.78 is 7.56. The number of para-hydroxylation sites is 1. The third-order valence-corrected chi connectivity index (χ3v) is 4.86. The molecule has 1 aliphatic carbocycles. The summed E-state index contributed by atoms with van der Waals surface area (Å²) >= 11 is 0. The van der Waals surface area contributed by atoms with Crippen molar-refractivity contribution < 1.29 is 9.53 Å². The number of amides is 1. The second-order valence-corrected chi connectivity index (χ2v) is 7.84. The highest BCUT2D eigenvalue weighted by Crippen LogP contribution is 2.40. The highest BCUT2D eigenvalue weighted by atomic mass is 16.5. The summed E-state index contributed by atoms with van der Waals surface area (Å²) in [6, 6.07) is 12.0. The third-order valence-electron chi connectivity index (χ3n) is 4.86. The zero-order valence-corrected chi connectivity index (χ0v) is 15.4. The number of nitrogens with one attached hydrogen (secondary N) is 1. The van der Waals surface area contributed by atoms with Gasteiger partial charge in [-0.2, -0.15) is 5.10 Å². The smallest absolute Gasteiger partial charge is 0.239 e. The molecule has 1 saturated carbocycles. The normalized spacial score (nSPS) is 20.1. The Bertz CT molecular complexity index is 780. The molecule has 1 saturated heterocycles. The summed E-state index contributed by atoms with van der Waals surface area (Å²) in [4.78, 5) is 14.8. The van der Waals surface area contributed by atoms with Crippen molar-refractivity contribution in [3.63, 3.8) is 0 Å². The molecule has 2 aromatic rings.